The van der Waals surface area contributed by atoms with Gasteiger partial charge in [-0.15, -0.1) is 0 Å². The number of carbonyl (C=O) groups excluding carboxylic acids is 1. The van der Waals surface area contributed by atoms with Crippen molar-refractivity contribution in [2.75, 3.05) is 6.61 Å². The number of aryl methyl sites for hydroxylation is 1. The van der Waals surface area contributed by atoms with E-state index in [1.54, 1.807) is 19.1 Å². The van der Waals surface area contributed by atoms with Crippen LogP contribution in [0, 0.1) is 12.3 Å². The Morgan fingerprint density at radius 1 is 1.32 bits per heavy atom. The van der Waals surface area contributed by atoms with Gasteiger partial charge >= 0.3 is 12.1 Å². The van der Waals surface area contributed by atoms with Gasteiger partial charge in [-0.1, -0.05) is 18.6 Å². The fraction of sp³-hybridized carbons (Fsp3) is 0.529. The van der Waals surface area contributed by atoms with E-state index in [0.717, 1.165) is 12.0 Å². The van der Waals surface area contributed by atoms with Crippen LogP contribution < -0.4 is 10.1 Å². The van der Waals surface area contributed by atoms with E-state index in [2.05, 4.69) is 5.32 Å². The maximum Gasteiger partial charge on any atom is 0.422 e. The average molecular weight is 359 g/mol. The minimum Gasteiger partial charge on any atom is -0.484 e. The normalized spacial score (nSPS) is 16.0. The molecule has 2 rings (SSSR count). The number of hydrogen-bond donors (Lipinski definition) is 2. The molecule has 5 nitrogen and oxygen atoms in total. The quantitative estimate of drug-likeness (QED) is 0.784. The van der Waals surface area contributed by atoms with Crippen molar-refractivity contribution in [1.82, 2.24) is 5.32 Å². The number of halogens is 3. The molecule has 0 aromatic heterocycles. The third-order valence-electron chi connectivity index (χ3n) is 4.35. The number of carboxylic acids is 1. The average Bonchev–Trinajstić information content (AvgIpc) is 2.46. The fourth-order valence-electron chi connectivity index (χ4n) is 2.74. The first-order valence-corrected chi connectivity index (χ1v) is 7.90. The number of carbonyl (C=O) groups is 2. The van der Waals surface area contributed by atoms with Gasteiger partial charge in [0.2, 0.25) is 5.91 Å². The molecule has 25 heavy (non-hydrogen) atoms. The van der Waals surface area contributed by atoms with Crippen LogP contribution in [0.5, 0.6) is 5.75 Å². The monoisotopic (exact) mass is 359 g/mol. The summed E-state index contributed by atoms with van der Waals surface area (Å²) in [6.45, 7) is 0.275. The summed E-state index contributed by atoms with van der Waals surface area (Å²) >= 11 is 0. The molecular formula is C17H20F3NO4. The molecule has 0 radical (unpaired) electrons. The molecule has 1 aromatic carbocycles. The fourth-order valence-corrected chi connectivity index (χ4v) is 2.74. The first-order chi connectivity index (χ1) is 11.6. The van der Waals surface area contributed by atoms with E-state index >= 15 is 0 Å². The third-order valence-corrected chi connectivity index (χ3v) is 4.35. The summed E-state index contributed by atoms with van der Waals surface area (Å²) < 4.78 is 41.8. The van der Waals surface area contributed by atoms with Crippen molar-refractivity contribution in [2.45, 2.75) is 45.3 Å². The summed E-state index contributed by atoms with van der Waals surface area (Å²) in [4.78, 5) is 23.3. The molecule has 0 heterocycles. The lowest BCUT2D eigenvalue weighted by Crippen LogP contribution is -2.42. The van der Waals surface area contributed by atoms with E-state index in [0.29, 0.717) is 18.4 Å². The Morgan fingerprint density at radius 2 is 2.00 bits per heavy atom. The van der Waals surface area contributed by atoms with Gasteiger partial charge in [0.15, 0.2) is 6.61 Å². The van der Waals surface area contributed by atoms with Crippen molar-refractivity contribution in [3.05, 3.63) is 29.3 Å². The zero-order chi connectivity index (χ0) is 18.7. The van der Waals surface area contributed by atoms with Crippen LogP contribution in [0.1, 0.15) is 36.8 Å². The summed E-state index contributed by atoms with van der Waals surface area (Å²) in [5, 5.41) is 11.8. The maximum absolute atomic E-state index is 12.3. The predicted molar refractivity (Wildman–Crippen MR) is 83.1 cm³/mol. The molecule has 0 spiro atoms. The molecule has 138 valence electrons. The molecule has 1 saturated carbocycles. The lowest BCUT2D eigenvalue weighted by Gasteiger charge is -2.36. The summed E-state index contributed by atoms with van der Waals surface area (Å²) in [6, 6.07) is 4.75. The van der Waals surface area contributed by atoms with Crippen molar-refractivity contribution < 1.29 is 32.6 Å². The lowest BCUT2D eigenvalue weighted by molar-refractivity contribution is -0.157. The van der Waals surface area contributed by atoms with Crippen LogP contribution in [0.4, 0.5) is 13.2 Å². The molecule has 1 aromatic rings. The molecule has 0 saturated heterocycles. The highest BCUT2D eigenvalue weighted by Crippen LogP contribution is 2.44. The van der Waals surface area contributed by atoms with E-state index in [1.807, 2.05) is 0 Å². The van der Waals surface area contributed by atoms with Gasteiger partial charge in [0.05, 0.1) is 5.41 Å². The van der Waals surface area contributed by atoms with Gasteiger partial charge in [-0.25, -0.2) is 0 Å². The first kappa shape index (κ1) is 19.1. The number of rotatable bonds is 7. The van der Waals surface area contributed by atoms with E-state index in [4.69, 9.17) is 4.74 Å². The predicted octanol–water partition coefficient (Wildman–Crippen LogP) is 3.20. The van der Waals surface area contributed by atoms with Gasteiger partial charge in [0.1, 0.15) is 5.75 Å². The van der Waals surface area contributed by atoms with Crippen LogP contribution in [0.15, 0.2) is 18.2 Å². The summed E-state index contributed by atoms with van der Waals surface area (Å²) in [5.74, 6) is -1.38. The Labute approximate surface area is 143 Å². The second kappa shape index (κ2) is 7.33. The number of benzene rings is 1. The van der Waals surface area contributed by atoms with E-state index in [9.17, 15) is 27.9 Å². The molecule has 2 N–H and O–H groups in total. The number of amides is 1. The molecular weight excluding hydrogens is 339 g/mol. The molecule has 0 aliphatic heterocycles. The Kier molecular flexibility index (Phi) is 5.59. The Balaban J connectivity index is 1.97. The zero-order valence-corrected chi connectivity index (χ0v) is 13.8. The van der Waals surface area contributed by atoms with Crippen LogP contribution in [0.3, 0.4) is 0 Å². The van der Waals surface area contributed by atoms with Crippen molar-refractivity contribution in [1.29, 1.82) is 0 Å². The third kappa shape index (κ3) is 5.11. The molecule has 1 fully saturated rings. The van der Waals surface area contributed by atoms with Crippen LogP contribution in [-0.2, 0) is 16.1 Å². The van der Waals surface area contributed by atoms with Gasteiger partial charge in [-0.2, -0.15) is 13.2 Å². The number of alkyl halides is 3. The van der Waals surface area contributed by atoms with Gasteiger partial charge in [0, 0.05) is 18.5 Å². The van der Waals surface area contributed by atoms with E-state index < -0.39 is 30.1 Å². The first-order valence-electron chi connectivity index (χ1n) is 7.90. The van der Waals surface area contributed by atoms with Crippen LogP contribution >= 0.6 is 0 Å². The smallest absolute Gasteiger partial charge is 0.422 e. The molecule has 8 heteroatoms. The van der Waals surface area contributed by atoms with Crippen molar-refractivity contribution in [2.24, 2.45) is 5.41 Å². The number of hydrogen-bond acceptors (Lipinski definition) is 3. The van der Waals surface area contributed by atoms with E-state index in [1.165, 1.54) is 6.07 Å². The van der Waals surface area contributed by atoms with Crippen molar-refractivity contribution in [3.63, 3.8) is 0 Å². The van der Waals surface area contributed by atoms with Crippen LogP contribution in [0.25, 0.3) is 0 Å². The number of ether oxygens (including phenoxy) is 1. The number of carboxylic acid groups (broad SMARTS) is 1. The van der Waals surface area contributed by atoms with Gasteiger partial charge in [0.25, 0.3) is 0 Å². The highest BCUT2D eigenvalue weighted by molar-refractivity contribution is 5.85. The van der Waals surface area contributed by atoms with E-state index in [-0.39, 0.29) is 18.7 Å². The topological polar surface area (TPSA) is 75.6 Å². The zero-order valence-electron chi connectivity index (χ0n) is 13.8. The van der Waals surface area contributed by atoms with Crippen molar-refractivity contribution in [3.8, 4) is 5.75 Å². The largest absolute Gasteiger partial charge is 0.484 e. The molecule has 1 aliphatic carbocycles. The molecule has 0 unspecified atom stereocenters. The van der Waals surface area contributed by atoms with Crippen molar-refractivity contribution >= 4 is 11.9 Å². The van der Waals surface area contributed by atoms with Gasteiger partial charge in [-0.3, -0.25) is 9.59 Å². The maximum atomic E-state index is 12.3. The van der Waals surface area contributed by atoms with Gasteiger partial charge < -0.3 is 15.2 Å². The molecule has 1 amide bonds. The Bertz CT molecular complexity index is 654. The van der Waals surface area contributed by atoms with Crippen LogP contribution in [-0.4, -0.2) is 29.8 Å². The van der Waals surface area contributed by atoms with Gasteiger partial charge in [-0.05, 0) is 31.4 Å². The molecule has 1 aliphatic rings. The highest BCUT2D eigenvalue weighted by atomic mass is 19.4. The van der Waals surface area contributed by atoms with Crippen LogP contribution in [0.2, 0.25) is 0 Å². The minimum absolute atomic E-state index is 0.0258. The lowest BCUT2D eigenvalue weighted by atomic mass is 9.66. The summed E-state index contributed by atoms with van der Waals surface area (Å²) in [5.41, 5.74) is 0.125. The minimum atomic E-state index is -4.46. The Hall–Kier alpha value is -2.25. The second-order valence-electron chi connectivity index (χ2n) is 6.41. The number of nitrogens with one attached hydrogen (secondary N) is 1. The summed E-state index contributed by atoms with van der Waals surface area (Å²) in [6.07, 6.45) is -2.90. The molecule has 0 bridgehead atoms. The summed E-state index contributed by atoms with van der Waals surface area (Å²) in [7, 11) is 0. The Morgan fingerprint density at radius 3 is 2.52 bits per heavy atom. The number of aliphatic carboxylic acids is 1. The second-order valence-corrected chi connectivity index (χ2v) is 6.41. The molecule has 0 atom stereocenters. The SMILES string of the molecule is Cc1ccc(CNC(=O)CC2(C(=O)O)CCC2)c(OCC(F)(F)F)c1. The highest BCUT2D eigenvalue weighted by Gasteiger charge is 2.45. The standard InChI is InChI=1S/C17H20F3NO4/c1-11-3-4-12(13(7-11)25-10-17(18,19)20)9-21-14(22)8-16(15(23)24)5-2-6-16/h3-4,7H,2,5-6,8-10H2,1H3,(H,21,22)(H,23,24).